The molecular weight excluding hydrogens is 842 g/mol. The number of alkyl halides is 1. The summed E-state index contributed by atoms with van der Waals surface area (Å²) >= 11 is 0. The molecule has 19 heteroatoms. The maximum atomic E-state index is 15.7. The first kappa shape index (κ1) is 41.8. The van der Waals surface area contributed by atoms with Crippen LogP contribution in [0.15, 0.2) is 85.3 Å². The van der Waals surface area contributed by atoms with Gasteiger partial charge in [-0.1, -0.05) is 24.8 Å². The number of hydrogen-bond acceptors (Lipinski definition) is 10. The van der Waals surface area contributed by atoms with Gasteiger partial charge in [0.05, 0.1) is 28.1 Å². The number of carbonyl (C=O) groups excluding carboxylic acids is 4. The average molecular weight is 883 g/mol. The molecule has 326 valence electrons. The van der Waals surface area contributed by atoms with Crippen LogP contribution >= 0.6 is 0 Å². The van der Waals surface area contributed by atoms with E-state index in [9.17, 15) is 32.0 Å². The minimum Gasteiger partial charge on any atom is -0.492 e. The Balaban J connectivity index is 0.811. The van der Waals surface area contributed by atoms with Crippen molar-refractivity contribution in [3.8, 4) is 16.9 Å². The van der Waals surface area contributed by atoms with Crippen LogP contribution in [0.2, 0.25) is 0 Å². The number of halogens is 3. The largest absolute Gasteiger partial charge is 0.492 e. The first-order valence-electron chi connectivity index (χ1n) is 20.4. The Labute approximate surface area is 359 Å². The Morgan fingerprint density at radius 1 is 0.952 bits per heavy atom. The van der Waals surface area contributed by atoms with Gasteiger partial charge >= 0.3 is 10.2 Å². The van der Waals surface area contributed by atoms with E-state index in [-0.39, 0.29) is 29.6 Å². The van der Waals surface area contributed by atoms with Crippen molar-refractivity contribution in [2.24, 2.45) is 0 Å². The molecule has 3 saturated heterocycles. The SMILES string of the molecule is C=C1CCC(N2C(=O)c3cccc(N4CCN(CCOc5ccc(-c6cnc7[nH]cc(C(=O)c8c(F)ccc(NS(=O)(=O)N9CC[C@@H](F)C9)c8F)c7c6)cc5)CC4)c3C2=O)C(=O)N1. The molecule has 9 rings (SSSR count). The van der Waals surface area contributed by atoms with Crippen molar-refractivity contribution in [1.29, 1.82) is 0 Å². The zero-order valence-electron chi connectivity index (χ0n) is 33.7. The number of fused-ring (bicyclic) bond motifs is 2. The second kappa shape index (κ2) is 16.6. The van der Waals surface area contributed by atoms with Gasteiger partial charge in [0.15, 0.2) is 5.82 Å². The molecule has 3 fully saturated rings. The number of hydrogen-bond donors (Lipinski definition) is 3. The lowest BCUT2D eigenvalue weighted by Gasteiger charge is -2.36. The fourth-order valence-electron chi connectivity index (χ4n) is 8.52. The smallest absolute Gasteiger partial charge is 0.301 e. The van der Waals surface area contributed by atoms with E-state index >= 15 is 8.78 Å². The Bertz CT molecular complexity index is 2810. The molecule has 3 amide bonds. The van der Waals surface area contributed by atoms with E-state index in [4.69, 9.17) is 4.74 Å². The van der Waals surface area contributed by atoms with Crippen LogP contribution in [0.4, 0.5) is 24.5 Å². The van der Waals surface area contributed by atoms with E-state index in [0.717, 1.165) is 26.9 Å². The first-order valence-corrected chi connectivity index (χ1v) is 21.8. The van der Waals surface area contributed by atoms with Crippen LogP contribution in [0.5, 0.6) is 5.75 Å². The molecule has 0 bridgehead atoms. The molecule has 4 aliphatic rings. The molecule has 1 unspecified atom stereocenters. The molecule has 0 aliphatic carbocycles. The fourth-order valence-corrected chi connectivity index (χ4v) is 9.79. The number of ketones is 1. The Morgan fingerprint density at radius 2 is 1.73 bits per heavy atom. The van der Waals surface area contributed by atoms with Gasteiger partial charge in [-0.3, -0.25) is 33.7 Å². The molecule has 3 N–H and O–H groups in total. The highest BCUT2D eigenvalue weighted by atomic mass is 32.2. The molecular formula is C44H41F3N8O7S. The number of pyridine rings is 1. The number of piperidine rings is 1. The van der Waals surface area contributed by atoms with Crippen molar-refractivity contribution in [2.45, 2.75) is 31.5 Å². The lowest BCUT2D eigenvalue weighted by Crippen LogP contribution is -2.52. The normalized spacial score (nSPS) is 19.8. The second-order valence-electron chi connectivity index (χ2n) is 15.8. The predicted molar refractivity (Wildman–Crippen MR) is 226 cm³/mol. The second-order valence-corrected chi connectivity index (χ2v) is 17.5. The molecule has 63 heavy (non-hydrogen) atoms. The average Bonchev–Trinajstić information content (AvgIpc) is 3.98. The highest BCUT2D eigenvalue weighted by Crippen LogP contribution is 2.36. The van der Waals surface area contributed by atoms with E-state index < -0.39 is 75.4 Å². The summed E-state index contributed by atoms with van der Waals surface area (Å²) in [6.45, 7) is 6.91. The van der Waals surface area contributed by atoms with Gasteiger partial charge in [0, 0.05) is 80.4 Å². The zero-order chi connectivity index (χ0) is 44.2. The van der Waals surface area contributed by atoms with E-state index in [1.54, 1.807) is 36.5 Å². The van der Waals surface area contributed by atoms with Gasteiger partial charge in [-0.05, 0) is 67.3 Å². The number of nitrogens with one attached hydrogen (secondary N) is 3. The third-order valence-corrected chi connectivity index (χ3v) is 13.4. The molecule has 2 aromatic heterocycles. The van der Waals surface area contributed by atoms with E-state index in [2.05, 4.69) is 31.7 Å². The first-order chi connectivity index (χ1) is 30.3. The third kappa shape index (κ3) is 7.91. The molecule has 2 atom stereocenters. The summed E-state index contributed by atoms with van der Waals surface area (Å²) in [5.74, 6) is -4.36. The van der Waals surface area contributed by atoms with Crippen LogP contribution in [-0.2, 0) is 15.0 Å². The summed E-state index contributed by atoms with van der Waals surface area (Å²) in [7, 11) is -4.37. The van der Waals surface area contributed by atoms with Crippen molar-refractivity contribution >= 4 is 56.1 Å². The topological polar surface area (TPSA) is 177 Å². The Kier molecular flexibility index (Phi) is 11.0. The van der Waals surface area contributed by atoms with Gasteiger partial charge in [0.25, 0.3) is 11.8 Å². The molecule has 4 aliphatic heterocycles. The molecule has 0 spiro atoms. The number of benzene rings is 3. The summed E-state index contributed by atoms with van der Waals surface area (Å²) in [5, 5.41) is 2.95. The number of anilines is 2. The summed E-state index contributed by atoms with van der Waals surface area (Å²) in [5.41, 5.74) is 1.78. The molecule has 0 radical (unpaired) electrons. The summed E-state index contributed by atoms with van der Waals surface area (Å²) in [4.78, 5) is 66.0. The number of allylic oxidation sites excluding steroid dienone is 1. The Morgan fingerprint density at radius 3 is 2.46 bits per heavy atom. The fraction of sp³-hybridized carbons (Fsp3) is 0.295. The quantitative estimate of drug-likeness (QED) is 0.114. The highest BCUT2D eigenvalue weighted by molar-refractivity contribution is 7.90. The number of amides is 3. The number of H-pyrrole nitrogens is 1. The van der Waals surface area contributed by atoms with Crippen molar-refractivity contribution in [3.63, 3.8) is 0 Å². The molecule has 0 saturated carbocycles. The number of imide groups is 1. The van der Waals surface area contributed by atoms with Gasteiger partial charge in [-0.25, -0.2) is 18.2 Å². The number of ether oxygens (including phenoxy) is 1. The molecule has 5 aromatic rings. The maximum Gasteiger partial charge on any atom is 0.301 e. The standard InChI is InChI=1S/C44H41F3N8O7S/c1-25-5-12-36(42(57)50-25)55-43(58)30-3-2-4-35(37(30)44(55)59)53-17-15-52(16-18-53)19-20-62-29-8-6-26(7-9-29)27-21-31-32(23-49-41(31)48-22-27)40(56)38-33(46)10-11-34(39(38)47)51-63(60,61)54-14-13-28(45)24-54/h2-4,6-11,21-23,28,36,51H,1,5,12-20,24H2,(H,48,49)(H,50,57)/t28-,36?/m1/s1. The summed E-state index contributed by atoms with van der Waals surface area (Å²) < 4.78 is 78.9. The monoisotopic (exact) mass is 882 g/mol. The number of aromatic amines is 1. The summed E-state index contributed by atoms with van der Waals surface area (Å²) in [6.07, 6.45) is 2.31. The summed E-state index contributed by atoms with van der Waals surface area (Å²) in [6, 6.07) is 14.9. The number of carbonyl (C=O) groups is 4. The van der Waals surface area contributed by atoms with Crippen LogP contribution in [0.3, 0.4) is 0 Å². The lowest BCUT2D eigenvalue weighted by atomic mass is 10.00. The minimum atomic E-state index is -4.37. The van der Waals surface area contributed by atoms with E-state index in [0.29, 0.717) is 86.0 Å². The van der Waals surface area contributed by atoms with Gasteiger partial charge in [0.1, 0.15) is 36.0 Å². The van der Waals surface area contributed by atoms with Gasteiger partial charge < -0.3 is 19.9 Å². The number of aromatic nitrogens is 2. The third-order valence-electron chi connectivity index (χ3n) is 11.9. The van der Waals surface area contributed by atoms with Crippen LogP contribution < -0.4 is 19.7 Å². The lowest BCUT2D eigenvalue weighted by molar-refractivity contribution is -0.125. The van der Waals surface area contributed by atoms with Crippen molar-refractivity contribution in [2.75, 3.05) is 62.0 Å². The van der Waals surface area contributed by atoms with Crippen molar-refractivity contribution in [1.82, 2.24) is 29.4 Å². The van der Waals surface area contributed by atoms with Crippen LogP contribution in [-0.4, -0.2) is 121 Å². The maximum absolute atomic E-state index is 15.7. The van der Waals surface area contributed by atoms with Crippen LogP contribution in [0, 0.1) is 11.6 Å². The van der Waals surface area contributed by atoms with Gasteiger partial charge in [-0.15, -0.1) is 0 Å². The van der Waals surface area contributed by atoms with E-state index in [1.807, 2.05) is 22.9 Å². The Hall–Kier alpha value is -6.57. The van der Waals surface area contributed by atoms with E-state index in [1.165, 1.54) is 6.20 Å². The van der Waals surface area contributed by atoms with Gasteiger partial charge in [-0.2, -0.15) is 12.7 Å². The van der Waals surface area contributed by atoms with Crippen LogP contribution in [0.1, 0.15) is 55.9 Å². The van der Waals surface area contributed by atoms with Gasteiger partial charge in [0.2, 0.25) is 11.7 Å². The van der Waals surface area contributed by atoms with Crippen molar-refractivity contribution < 1.29 is 45.5 Å². The highest BCUT2D eigenvalue weighted by Gasteiger charge is 2.45. The molecule has 6 heterocycles. The number of rotatable bonds is 12. The minimum absolute atomic E-state index is 0.00883. The van der Waals surface area contributed by atoms with Crippen LogP contribution in [0.25, 0.3) is 22.2 Å². The van der Waals surface area contributed by atoms with Crippen molar-refractivity contribution in [3.05, 3.63) is 119 Å². The number of nitrogens with zero attached hydrogens (tertiary/aromatic N) is 5. The zero-order valence-corrected chi connectivity index (χ0v) is 34.5. The molecule has 15 nitrogen and oxygen atoms in total. The molecule has 3 aromatic carbocycles. The number of piperazine rings is 1. The predicted octanol–water partition coefficient (Wildman–Crippen LogP) is 5.03.